The zero-order chi connectivity index (χ0) is 9.56. The Morgan fingerprint density at radius 3 is 2.00 bits per heavy atom. The SMILES string of the molecule is CCC(=O)C(C)CC(CC)CC. The Balaban J connectivity index is 3.80. The van der Waals surface area contributed by atoms with E-state index in [1.165, 1.54) is 12.8 Å². The van der Waals surface area contributed by atoms with E-state index in [1.807, 2.05) is 6.92 Å². The van der Waals surface area contributed by atoms with E-state index in [2.05, 4.69) is 20.8 Å². The van der Waals surface area contributed by atoms with Gasteiger partial charge in [-0.05, 0) is 12.3 Å². The lowest BCUT2D eigenvalue weighted by atomic mass is 9.89. The van der Waals surface area contributed by atoms with Crippen LogP contribution in [0.5, 0.6) is 0 Å². The van der Waals surface area contributed by atoms with Crippen LogP contribution in [0.4, 0.5) is 0 Å². The molecule has 1 nitrogen and oxygen atoms in total. The average Bonchev–Trinajstić information content (AvgIpc) is 2.12. The summed E-state index contributed by atoms with van der Waals surface area (Å²) in [7, 11) is 0. The van der Waals surface area contributed by atoms with Crippen molar-refractivity contribution in [2.75, 3.05) is 0 Å². The van der Waals surface area contributed by atoms with Crippen molar-refractivity contribution in [3.8, 4) is 0 Å². The van der Waals surface area contributed by atoms with Gasteiger partial charge in [-0.25, -0.2) is 0 Å². The van der Waals surface area contributed by atoms with Gasteiger partial charge in [-0.3, -0.25) is 4.79 Å². The molecule has 0 heterocycles. The fraction of sp³-hybridized carbons (Fsp3) is 0.909. The summed E-state index contributed by atoms with van der Waals surface area (Å²) in [4.78, 5) is 11.3. The molecule has 1 unspecified atom stereocenters. The molecule has 1 heteroatoms. The summed E-state index contributed by atoms with van der Waals surface area (Å²) in [5, 5.41) is 0. The first-order chi connectivity index (χ1) is 5.65. The van der Waals surface area contributed by atoms with Crippen LogP contribution < -0.4 is 0 Å². The molecule has 0 N–H and O–H groups in total. The van der Waals surface area contributed by atoms with Gasteiger partial charge in [-0.1, -0.05) is 40.5 Å². The third kappa shape index (κ3) is 3.89. The van der Waals surface area contributed by atoms with Gasteiger partial charge in [0.1, 0.15) is 5.78 Å². The molecule has 0 aliphatic carbocycles. The van der Waals surface area contributed by atoms with Gasteiger partial charge in [0.2, 0.25) is 0 Å². The first kappa shape index (κ1) is 11.7. The third-order valence-electron chi connectivity index (χ3n) is 2.74. The number of hydrogen-bond acceptors (Lipinski definition) is 1. The van der Waals surface area contributed by atoms with Crippen LogP contribution >= 0.6 is 0 Å². The van der Waals surface area contributed by atoms with Crippen molar-refractivity contribution >= 4 is 5.78 Å². The molecule has 0 aliphatic rings. The predicted molar refractivity (Wildman–Crippen MR) is 53.2 cm³/mol. The minimum Gasteiger partial charge on any atom is -0.299 e. The number of rotatable bonds is 6. The maximum Gasteiger partial charge on any atom is 0.135 e. The molecular weight excluding hydrogens is 148 g/mol. The molecule has 1 atom stereocenters. The summed E-state index contributed by atoms with van der Waals surface area (Å²) < 4.78 is 0. The van der Waals surface area contributed by atoms with Crippen LogP contribution in [0.1, 0.15) is 53.4 Å². The van der Waals surface area contributed by atoms with E-state index in [0.29, 0.717) is 12.2 Å². The number of carbonyl (C=O) groups is 1. The lowest BCUT2D eigenvalue weighted by Crippen LogP contribution is -2.13. The number of ketones is 1. The molecule has 0 radical (unpaired) electrons. The van der Waals surface area contributed by atoms with Crippen LogP contribution in [0, 0.1) is 11.8 Å². The molecule has 0 fully saturated rings. The molecule has 12 heavy (non-hydrogen) atoms. The maximum absolute atomic E-state index is 11.3. The summed E-state index contributed by atoms with van der Waals surface area (Å²) in [6, 6.07) is 0. The van der Waals surface area contributed by atoms with Gasteiger partial charge >= 0.3 is 0 Å². The van der Waals surface area contributed by atoms with E-state index >= 15 is 0 Å². The molecule has 0 amide bonds. The van der Waals surface area contributed by atoms with Crippen LogP contribution in [0.3, 0.4) is 0 Å². The zero-order valence-corrected chi connectivity index (χ0v) is 8.89. The Kier molecular flexibility index (Phi) is 6.04. The molecule has 0 aromatic carbocycles. The minimum atomic E-state index is 0.278. The number of carbonyl (C=O) groups excluding carboxylic acids is 1. The van der Waals surface area contributed by atoms with Crippen LogP contribution in [0.2, 0.25) is 0 Å². The van der Waals surface area contributed by atoms with Gasteiger partial charge in [0.05, 0.1) is 0 Å². The molecule has 72 valence electrons. The molecule has 0 spiro atoms. The molecule has 0 aromatic rings. The average molecular weight is 170 g/mol. The first-order valence-electron chi connectivity index (χ1n) is 5.18. The van der Waals surface area contributed by atoms with Crippen molar-refractivity contribution in [2.24, 2.45) is 11.8 Å². The highest BCUT2D eigenvalue weighted by Crippen LogP contribution is 2.19. The highest BCUT2D eigenvalue weighted by Gasteiger charge is 2.14. The van der Waals surface area contributed by atoms with Crippen molar-refractivity contribution in [2.45, 2.75) is 53.4 Å². The Morgan fingerprint density at radius 2 is 1.67 bits per heavy atom. The highest BCUT2D eigenvalue weighted by atomic mass is 16.1. The summed E-state index contributed by atoms with van der Waals surface area (Å²) in [6.45, 7) is 8.42. The molecule has 0 aromatic heterocycles. The number of Topliss-reactive ketones (excluding diaryl/α,β-unsaturated/α-hetero) is 1. The largest absolute Gasteiger partial charge is 0.299 e. The van der Waals surface area contributed by atoms with Gasteiger partial charge < -0.3 is 0 Å². The van der Waals surface area contributed by atoms with Crippen LogP contribution in [0.15, 0.2) is 0 Å². The Bertz CT molecular complexity index is 125. The van der Waals surface area contributed by atoms with E-state index in [1.54, 1.807) is 0 Å². The van der Waals surface area contributed by atoms with E-state index in [9.17, 15) is 4.79 Å². The highest BCUT2D eigenvalue weighted by molar-refractivity contribution is 5.80. The lowest BCUT2D eigenvalue weighted by Gasteiger charge is -2.16. The summed E-state index contributed by atoms with van der Waals surface area (Å²) in [6.07, 6.45) is 4.19. The van der Waals surface area contributed by atoms with Crippen LogP contribution in [0.25, 0.3) is 0 Å². The van der Waals surface area contributed by atoms with Crippen molar-refractivity contribution in [3.05, 3.63) is 0 Å². The van der Waals surface area contributed by atoms with Gasteiger partial charge in [-0.2, -0.15) is 0 Å². The van der Waals surface area contributed by atoms with Crippen molar-refractivity contribution in [1.82, 2.24) is 0 Å². The maximum atomic E-state index is 11.3. The fourth-order valence-electron chi connectivity index (χ4n) is 1.60. The van der Waals surface area contributed by atoms with E-state index in [4.69, 9.17) is 0 Å². The van der Waals surface area contributed by atoms with Gasteiger partial charge in [0.15, 0.2) is 0 Å². The molecule has 0 saturated carbocycles. The van der Waals surface area contributed by atoms with E-state index in [0.717, 1.165) is 12.3 Å². The summed E-state index contributed by atoms with van der Waals surface area (Å²) in [5.74, 6) is 1.44. The van der Waals surface area contributed by atoms with Gasteiger partial charge in [0.25, 0.3) is 0 Å². The fourth-order valence-corrected chi connectivity index (χ4v) is 1.60. The topological polar surface area (TPSA) is 17.1 Å². The molecular formula is C11H22O. The van der Waals surface area contributed by atoms with Gasteiger partial charge in [0, 0.05) is 12.3 Å². The normalized spacial score (nSPS) is 13.4. The first-order valence-corrected chi connectivity index (χ1v) is 5.18. The van der Waals surface area contributed by atoms with Crippen LogP contribution in [-0.4, -0.2) is 5.78 Å². The second-order valence-corrected chi connectivity index (χ2v) is 3.64. The van der Waals surface area contributed by atoms with Crippen molar-refractivity contribution < 1.29 is 4.79 Å². The quantitative estimate of drug-likeness (QED) is 0.597. The Labute approximate surface area is 76.6 Å². The predicted octanol–water partition coefficient (Wildman–Crippen LogP) is 3.43. The molecule has 0 saturated heterocycles. The Hall–Kier alpha value is -0.330. The standard InChI is InChI=1S/C11H22O/c1-5-10(6-2)8-9(4)11(12)7-3/h9-10H,5-8H2,1-4H3. The van der Waals surface area contributed by atoms with E-state index < -0.39 is 0 Å². The third-order valence-corrected chi connectivity index (χ3v) is 2.74. The summed E-state index contributed by atoms with van der Waals surface area (Å²) in [5.41, 5.74) is 0. The van der Waals surface area contributed by atoms with Crippen molar-refractivity contribution in [3.63, 3.8) is 0 Å². The van der Waals surface area contributed by atoms with Gasteiger partial charge in [-0.15, -0.1) is 0 Å². The van der Waals surface area contributed by atoms with Crippen molar-refractivity contribution in [1.29, 1.82) is 0 Å². The summed E-state index contributed by atoms with van der Waals surface area (Å²) >= 11 is 0. The van der Waals surface area contributed by atoms with E-state index in [-0.39, 0.29) is 5.92 Å². The number of hydrogen-bond donors (Lipinski definition) is 0. The minimum absolute atomic E-state index is 0.278. The lowest BCUT2D eigenvalue weighted by molar-refractivity contribution is -0.122. The molecule has 0 bridgehead atoms. The molecule has 0 rings (SSSR count). The monoisotopic (exact) mass is 170 g/mol. The smallest absolute Gasteiger partial charge is 0.135 e. The zero-order valence-electron chi connectivity index (χ0n) is 8.89. The second-order valence-electron chi connectivity index (χ2n) is 3.64. The van der Waals surface area contributed by atoms with Crippen LogP contribution in [-0.2, 0) is 4.79 Å². The Morgan fingerprint density at radius 1 is 1.17 bits per heavy atom. The second kappa shape index (κ2) is 6.22. The molecule has 0 aliphatic heterocycles.